The van der Waals surface area contributed by atoms with Crippen molar-refractivity contribution in [1.29, 1.82) is 0 Å². The highest BCUT2D eigenvalue weighted by Crippen LogP contribution is 2.54. The van der Waals surface area contributed by atoms with Crippen molar-refractivity contribution >= 4 is 0 Å². The summed E-state index contributed by atoms with van der Waals surface area (Å²) in [5, 5.41) is 0. The Bertz CT molecular complexity index is 203. The SMILES string of the molecule is CC(C)C1N(C(C)C)CCC12CCC2. The Labute approximate surface area is 88.9 Å². The van der Waals surface area contributed by atoms with E-state index < -0.39 is 0 Å². The minimum absolute atomic E-state index is 0.735. The predicted octanol–water partition coefficient (Wildman–Crippen LogP) is 3.30. The molecule has 0 aromatic heterocycles. The van der Waals surface area contributed by atoms with Gasteiger partial charge in [-0.15, -0.1) is 0 Å². The molecule has 1 nitrogen and oxygen atoms in total. The van der Waals surface area contributed by atoms with Gasteiger partial charge in [0, 0.05) is 12.1 Å². The van der Waals surface area contributed by atoms with Crippen molar-refractivity contribution in [3.8, 4) is 0 Å². The van der Waals surface area contributed by atoms with Crippen LogP contribution in [0.15, 0.2) is 0 Å². The molecule has 0 bridgehead atoms. The second-order valence-corrected chi connectivity index (χ2v) is 5.99. The van der Waals surface area contributed by atoms with Crippen molar-refractivity contribution < 1.29 is 0 Å². The summed E-state index contributed by atoms with van der Waals surface area (Å²) in [4.78, 5) is 2.75. The van der Waals surface area contributed by atoms with Crippen LogP contribution in [0.3, 0.4) is 0 Å². The van der Waals surface area contributed by atoms with Crippen LogP contribution < -0.4 is 0 Å². The molecule has 0 amide bonds. The normalized spacial score (nSPS) is 31.7. The van der Waals surface area contributed by atoms with E-state index in [1.165, 1.54) is 32.2 Å². The van der Waals surface area contributed by atoms with Crippen molar-refractivity contribution in [2.24, 2.45) is 11.3 Å². The average Bonchev–Trinajstić information content (AvgIpc) is 2.41. The van der Waals surface area contributed by atoms with Gasteiger partial charge >= 0.3 is 0 Å². The number of likely N-dealkylation sites (tertiary alicyclic amines) is 1. The molecule has 0 radical (unpaired) electrons. The first kappa shape index (κ1) is 10.5. The van der Waals surface area contributed by atoms with Crippen molar-refractivity contribution in [2.75, 3.05) is 6.54 Å². The first-order valence-electron chi connectivity index (χ1n) is 6.32. The van der Waals surface area contributed by atoms with E-state index in [-0.39, 0.29) is 0 Å². The number of nitrogens with zero attached hydrogens (tertiary/aromatic N) is 1. The van der Waals surface area contributed by atoms with Crippen LogP contribution in [0.4, 0.5) is 0 Å². The summed E-state index contributed by atoms with van der Waals surface area (Å²) in [7, 11) is 0. The fraction of sp³-hybridized carbons (Fsp3) is 1.00. The molecule has 2 fully saturated rings. The molecule has 2 aliphatic rings. The Kier molecular flexibility index (Phi) is 2.63. The predicted molar refractivity (Wildman–Crippen MR) is 61.4 cm³/mol. The zero-order valence-electron chi connectivity index (χ0n) is 10.2. The smallest absolute Gasteiger partial charge is 0.0178 e. The third kappa shape index (κ3) is 1.41. The third-order valence-electron chi connectivity index (χ3n) is 4.50. The highest BCUT2D eigenvalue weighted by atomic mass is 15.2. The van der Waals surface area contributed by atoms with Gasteiger partial charge in [0.1, 0.15) is 0 Å². The van der Waals surface area contributed by atoms with E-state index in [9.17, 15) is 0 Å². The number of hydrogen-bond acceptors (Lipinski definition) is 1. The minimum Gasteiger partial charge on any atom is -0.297 e. The van der Waals surface area contributed by atoms with Gasteiger partial charge in [-0.3, -0.25) is 4.90 Å². The van der Waals surface area contributed by atoms with E-state index in [1.54, 1.807) is 0 Å². The second kappa shape index (κ2) is 3.52. The summed E-state index contributed by atoms with van der Waals surface area (Å²) < 4.78 is 0. The molecule has 1 unspecified atom stereocenters. The maximum absolute atomic E-state index is 2.75. The Morgan fingerprint density at radius 3 is 2.07 bits per heavy atom. The topological polar surface area (TPSA) is 3.24 Å². The molecule has 2 rings (SSSR count). The van der Waals surface area contributed by atoms with E-state index in [4.69, 9.17) is 0 Å². The fourth-order valence-corrected chi connectivity index (χ4v) is 3.84. The molecular weight excluding hydrogens is 170 g/mol. The molecule has 0 N–H and O–H groups in total. The first-order chi connectivity index (χ1) is 6.57. The highest BCUT2D eigenvalue weighted by Gasteiger charge is 2.52. The molecule has 1 aliphatic heterocycles. The maximum atomic E-state index is 2.75. The molecule has 14 heavy (non-hydrogen) atoms. The van der Waals surface area contributed by atoms with Crippen LogP contribution >= 0.6 is 0 Å². The van der Waals surface area contributed by atoms with Crippen molar-refractivity contribution in [3.63, 3.8) is 0 Å². The van der Waals surface area contributed by atoms with Crippen LogP contribution in [0.25, 0.3) is 0 Å². The molecule has 1 atom stereocenters. The standard InChI is InChI=1S/C13H25N/c1-10(2)12-13(6-5-7-13)8-9-14(12)11(3)4/h10-12H,5-9H2,1-4H3. The quantitative estimate of drug-likeness (QED) is 0.653. The van der Waals surface area contributed by atoms with Crippen LogP contribution in [0, 0.1) is 11.3 Å². The van der Waals surface area contributed by atoms with Crippen LogP contribution in [0.1, 0.15) is 53.4 Å². The van der Waals surface area contributed by atoms with Crippen LogP contribution in [0.2, 0.25) is 0 Å². The summed E-state index contributed by atoms with van der Waals surface area (Å²) in [6.07, 6.45) is 5.95. The summed E-state index contributed by atoms with van der Waals surface area (Å²) in [6.45, 7) is 10.9. The summed E-state index contributed by atoms with van der Waals surface area (Å²) in [6, 6.07) is 1.61. The van der Waals surface area contributed by atoms with Gasteiger partial charge in [-0.25, -0.2) is 0 Å². The molecule has 82 valence electrons. The lowest BCUT2D eigenvalue weighted by atomic mass is 9.61. The largest absolute Gasteiger partial charge is 0.297 e. The Morgan fingerprint density at radius 1 is 1.07 bits per heavy atom. The lowest BCUT2D eigenvalue weighted by Gasteiger charge is -2.48. The van der Waals surface area contributed by atoms with Gasteiger partial charge in [0.15, 0.2) is 0 Å². The van der Waals surface area contributed by atoms with E-state index in [1.807, 2.05) is 0 Å². The monoisotopic (exact) mass is 195 g/mol. The molecule has 1 spiro atoms. The molecular formula is C13H25N. The Morgan fingerprint density at radius 2 is 1.71 bits per heavy atom. The number of rotatable bonds is 2. The molecule has 1 aliphatic carbocycles. The Hall–Kier alpha value is -0.0400. The zero-order valence-corrected chi connectivity index (χ0v) is 10.2. The summed E-state index contributed by atoms with van der Waals surface area (Å²) in [5.74, 6) is 0.834. The molecule has 1 heteroatoms. The third-order valence-corrected chi connectivity index (χ3v) is 4.50. The molecule has 0 aromatic carbocycles. The molecule has 0 aromatic rings. The lowest BCUT2D eigenvalue weighted by molar-refractivity contribution is 0.0281. The van der Waals surface area contributed by atoms with Crippen LogP contribution in [-0.2, 0) is 0 Å². The lowest BCUT2D eigenvalue weighted by Crippen LogP contribution is -2.49. The van der Waals surface area contributed by atoms with Gasteiger partial charge in [-0.05, 0) is 51.0 Å². The summed E-state index contributed by atoms with van der Waals surface area (Å²) in [5.41, 5.74) is 0.735. The average molecular weight is 195 g/mol. The Balaban J connectivity index is 2.16. The second-order valence-electron chi connectivity index (χ2n) is 5.99. The zero-order chi connectivity index (χ0) is 10.3. The molecule has 1 heterocycles. The number of hydrogen-bond donors (Lipinski definition) is 0. The van der Waals surface area contributed by atoms with E-state index in [0.29, 0.717) is 0 Å². The van der Waals surface area contributed by atoms with Gasteiger partial charge in [0.05, 0.1) is 0 Å². The van der Waals surface area contributed by atoms with Crippen molar-refractivity contribution in [1.82, 2.24) is 4.90 Å². The van der Waals surface area contributed by atoms with Gasteiger partial charge < -0.3 is 0 Å². The highest BCUT2D eigenvalue weighted by molar-refractivity contribution is 5.05. The minimum atomic E-state index is 0.735. The van der Waals surface area contributed by atoms with Gasteiger partial charge in [-0.2, -0.15) is 0 Å². The fourth-order valence-electron chi connectivity index (χ4n) is 3.84. The van der Waals surface area contributed by atoms with E-state index in [0.717, 1.165) is 23.4 Å². The first-order valence-corrected chi connectivity index (χ1v) is 6.32. The molecule has 1 saturated carbocycles. The molecule has 1 saturated heterocycles. The van der Waals surface area contributed by atoms with Gasteiger partial charge in [0.25, 0.3) is 0 Å². The van der Waals surface area contributed by atoms with Crippen molar-refractivity contribution in [3.05, 3.63) is 0 Å². The van der Waals surface area contributed by atoms with Crippen LogP contribution in [-0.4, -0.2) is 23.5 Å². The summed E-state index contributed by atoms with van der Waals surface area (Å²) >= 11 is 0. The van der Waals surface area contributed by atoms with E-state index in [2.05, 4.69) is 32.6 Å². The van der Waals surface area contributed by atoms with Crippen molar-refractivity contribution in [2.45, 2.75) is 65.5 Å². The maximum Gasteiger partial charge on any atom is 0.0178 e. The van der Waals surface area contributed by atoms with E-state index >= 15 is 0 Å². The van der Waals surface area contributed by atoms with Gasteiger partial charge in [-0.1, -0.05) is 20.3 Å². The van der Waals surface area contributed by atoms with Gasteiger partial charge in [0.2, 0.25) is 0 Å². The van der Waals surface area contributed by atoms with Crippen LogP contribution in [0.5, 0.6) is 0 Å².